The highest BCUT2D eigenvalue weighted by molar-refractivity contribution is 7.19. The van der Waals surface area contributed by atoms with Gasteiger partial charge in [-0.05, 0) is 6.07 Å². The van der Waals surface area contributed by atoms with Crippen LogP contribution in [0.25, 0.3) is 10.1 Å². The van der Waals surface area contributed by atoms with Crippen LogP contribution < -0.4 is 5.32 Å². The fourth-order valence-electron chi connectivity index (χ4n) is 1.70. The number of halogens is 3. The van der Waals surface area contributed by atoms with E-state index < -0.39 is 13.0 Å². The van der Waals surface area contributed by atoms with E-state index in [2.05, 4.69) is 5.32 Å². The van der Waals surface area contributed by atoms with Gasteiger partial charge < -0.3 is 10.1 Å². The Kier molecular flexibility index (Phi) is 5.51. The van der Waals surface area contributed by atoms with Crippen molar-refractivity contribution in [3.8, 4) is 0 Å². The van der Waals surface area contributed by atoms with Crippen molar-refractivity contribution >= 4 is 33.0 Å². The van der Waals surface area contributed by atoms with Crippen molar-refractivity contribution in [3.05, 3.63) is 34.2 Å². The third kappa shape index (κ3) is 4.11. The summed E-state index contributed by atoms with van der Waals surface area (Å²) in [5.74, 6) is 0. The molecule has 0 fully saturated rings. The molecule has 0 atom stereocenters. The lowest BCUT2D eigenvalue weighted by molar-refractivity contribution is 0.0187. The van der Waals surface area contributed by atoms with Gasteiger partial charge in [0.15, 0.2) is 0 Å². The molecule has 6 heteroatoms. The fraction of sp³-hybridized carbons (Fsp3) is 0.385. The molecule has 0 bridgehead atoms. The maximum absolute atomic E-state index is 11.8. The lowest BCUT2D eigenvalue weighted by Crippen LogP contribution is -2.20. The largest absolute Gasteiger partial charge is 0.374 e. The average molecular weight is 306 g/mol. The minimum absolute atomic E-state index is 0.271. The summed E-state index contributed by atoms with van der Waals surface area (Å²) in [6.45, 7) is 0.908. The fourth-order valence-corrected chi connectivity index (χ4v) is 3.17. The van der Waals surface area contributed by atoms with E-state index in [0.717, 1.165) is 20.0 Å². The van der Waals surface area contributed by atoms with E-state index in [-0.39, 0.29) is 6.61 Å². The highest BCUT2D eigenvalue weighted by Gasteiger charge is 2.09. The molecule has 0 amide bonds. The van der Waals surface area contributed by atoms with Crippen LogP contribution in [0.5, 0.6) is 0 Å². The van der Waals surface area contributed by atoms with E-state index in [9.17, 15) is 8.78 Å². The molecule has 0 saturated heterocycles. The Labute approximate surface area is 119 Å². The number of fused-ring (bicyclic) bond motifs is 1. The minimum Gasteiger partial charge on any atom is -0.374 e. The first-order valence-corrected chi connectivity index (χ1v) is 7.10. The Balaban J connectivity index is 1.80. The lowest BCUT2D eigenvalue weighted by Gasteiger charge is -2.05. The number of nitrogens with one attached hydrogen (secondary N) is 1. The second-order valence-corrected chi connectivity index (χ2v) is 5.49. The number of thiophene rings is 1. The quantitative estimate of drug-likeness (QED) is 0.783. The normalized spacial score (nSPS) is 11.6. The van der Waals surface area contributed by atoms with Gasteiger partial charge in [-0.1, -0.05) is 29.8 Å². The maximum atomic E-state index is 11.8. The molecule has 104 valence electrons. The van der Waals surface area contributed by atoms with Crippen molar-refractivity contribution in [1.29, 1.82) is 0 Å². The van der Waals surface area contributed by atoms with Crippen LogP contribution in [0.1, 0.15) is 4.88 Å². The predicted octanol–water partition coefficient (Wildman–Crippen LogP) is 3.93. The third-order valence-corrected chi connectivity index (χ3v) is 4.27. The summed E-state index contributed by atoms with van der Waals surface area (Å²) < 4.78 is 29.6. The van der Waals surface area contributed by atoms with Gasteiger partial charge in [0, 0.05) is 28.1 Å². The second-order valence-electron chi connectivity index (χ2n) is 3.98. The van der Waals surface area contributed by atoms with Crippen LogP contribution in [-0.4, -0.2) is 26.2 Å². The Morgan fingerprint density at radius 2 is 2.11 bits per heavy atom. The van der Waals surface area contributed by atoms with Crippen LogP contribution in [0.3, 0.4) is 0 Å². The van der Waals surface area contributed by atoms with Crippen molar-refractivity contribution in [3.63, 3.8) is 0 Å². The van der Waals surface area contributed by atoms with Gasteiger partial charge in [-0.25, -0.2) is 8.78 Å². The molecule has 0 radical (unpaired) electrons. The predicted molar refractivity (Wildman–Crippen MR) is 75.4 cm³/mol. The number of hydrogen-bond donors (Lipinski definition) is 1. The Hall–Kier alpha value is -0.750. The molecule has 0 spiro atoms. The highest BCUT2D eigenvalue weighted by Crippen LogP contribution is 2.34. The SMILES string of the molecule is FC(F)COCCNCc1sc2ccccc2c1Cl. The first-order valence-electron chi connectivity index (χ1n) is 5.91. The van der Waals surface area contributed by atoms with Gasteiger partial charge in [-0.3, -0.25) is 0 Å². The molecular weight excluding hydrogens is 292 g/mol. The topological polar surface area (TPSA) is 21.3 Å². The first-order chi connectivity index (χ1) is 9.18. The zero-order chi connectivity index (χ0) is 13.7. The van der Waals surface area contributed by atoms with E-state index in [1.165, 1.54) is 0 Å². The molecule has 2 aromatic rings. The van der Waals surface area contributed by atoms with Crippen LogP contribution in [-0.2, 0) is 11.3 Å². The molecule has 1 aromatic carbocycles. The minimum atomic E-state index is -2.41. The number of benzene rings is 1. The van der Waals surface area contributed by atoms with Crippen LogP contribution in [0.4, 0.5) is 8.78 Å². The third-order valence-electron chi connectivity index (χ3n) is 2.55. The summed E-state index contributed by atoms with van der Waals surface area (Å²) in [5.41, 5.74) is 0. The van der Waals surface area contributed by atoms with Gasteiger partial charge in [-0.15, -0.1) is 11.3 Å². The zero-order valence-electron chi connectivity index (χ0n) is 10.2. The number of alkyl halides is 2. The van der Waals surface area contributed by atoms with Crippen molar-refractivity contribution in [1.82, 2.24) is 5.32 Å². The smallest absolute Gasteiger partial charge is 0.261 e. The number of hydrogen-bond acceptors (Lipinski definition) is 3. The van der Waals surface area contributed by atoms with Gasteiger partial charge in [-0.2, -0.15) is 0 Å². The number of rotatable bonds is 7. The molecule has 0 aliphatic rings. The first kappa shape index (κ1) is 14.7. The van der Waals surface area contributed by atoms with Crippen molar-refractivity contribution in [2.45, 2.75) is 13.0 Å². The monoisotopic (exact) mass is 305 g/mol. The molecule has 19 heavy (non-hydrogen) atoms. The molecule has 1 N–H and O–H groups in total. The highest BCUT2D eigenvalue weighted by atomic mass is 35.5. The number of ether oxygens (including phenoxy) is 1. The standard InChI is InChI=1S/C13H14ClF2NOS/c14-13-9-3-1-2-4-10(9)19-11(13)7-17-5-6-18-8-12(15)16/h1-4,12,17H,5-8H2. The zero-order valence-corrected chi connectivity index (χ0v) is 11.7. The molecule has 2 nitrogen and oxygen atoms in total. The van der Waals surface area contributed by atoms with E-state index in [0.29, 0.717) is 13.1 Å². The van der Waals surface area contributed by atoms with Gasteiger partial charge in [0.25, 0.3) is 6.43 Å². The molecule has 1 aromatic heterocycles. The average Bonchev–Trinajstić information content (AvgIpc) is 2.71. The Morgan fingerprint density at radius 1 is 1.32 bits per heavy atom. The Bertz CT molecular complexity index is 532. The van der Waals surface area contributed by atoms with Crippen LogP contribution in [0.15, 0.2) is 24.3 Å². The van der Waals surface area contributed by atoms with Gasteiger partial charge in [0.2, 0.25) is 0 Å². The molecule has 0 unspecified atom stereocenters. The van der Waals surface area contributed by atoms with E-state index in [4.69, 9.17) is 16.3 Å². The van der Waals surface area contributed by atoms with Crippen LogP contribution in [0.2, 0.25) is 5.02 Å². The Morgan fingerprint density at radius 3 is 2.84 bits per heavy atom. The molecular formula is C13H14ClF2NOS. The summed E-state index contributed by atoms with van der Waals surface area (Å²) in [5, 5.41) is 4.95. The van der Waals surface area contributed by atoms with Crippen LogP contribution in [0, 0.1) is 0 Å². The summed E-state index contributed by atoms with van der Waals surface area (Å²) >= 11 is 7.92. The summed E-state index contributed by atoms with van der Waals surface area (Å²) in [6, 6.07) is 7.95. The van der Waals surface area contributed by atoms with E-state index in [1.54, 1.807) is 11.3 Å². The molecule has 1 heterocycles. The lowest BCUT2D eigenvalue weighted by atomic mass is 10.2. The van der Waals surface area contributed by atoms with E-state index in [1.807, 2.05) is 24.3 Å². The molecule has 0 saturated carbocycles. The van der Waals surface area contributed by atoms with Crippen molar-refractivity contribution in [2.75, 3.05) is 19.8 Å². The summed E-state index contributed by atoms with van der Waals surface area (Å²) in [7, 11) is 0. The molecule has 0 aliphatic carbocycles. The molecule has 0 aliphatic heterocycles. The van der Waals surface area contributed by atoms with E-state index >= 15 is 0 Å². The molecule has 2 rings (SSSR count). The van der Waals surface area contributed by atoms with Crippen LogP contribution >= 0.6 is 22.9 Å². The maximum Gasteiger partial charge on any atom is 0.261 e. The second kappa shape index (κ2) is 7.14. The summed E-state index contributed by atoms with van der Waals surface area (Å²) in [4.78, 5) is 1.05. The van der Waals surface area contributed by atoms with Crippen molar-refractivity contribution in [2.24, 2.45) is 0 Å². The van der Waals surface area contributed by atoms with Gasteiger partial charge in [0.05, 0.1) is 11.6 Å². The van der Waals surface area contributed by atoms with Crippen molar-refractivity contribution < 1.29 is 13.5 Å². The summed E-state index contributed by atoms with van der Waals surface area (Å²) in [6.07, 6.45) is -2.41. The van der Waals surface area contributed by atoms with Gasteiger partial charge in [0.1, 0.15) is 6.61 Å². The van der Waals surface area contributed by atoms with Gasteiger partial charge >= 0.3 is 0 Å².